The summed E-state index contributed by atoms with van der Waals surface area (Å²) in [6.45, 7) is 4.08. The zero-order valence-electron chi connectivity index (χ0n) is 12.1. The number of methoxy groups -OCH3 is 1. The molecule has 1 aliphatic rings. The summed E-state index contributed by atoms with van der Waals surface area (Å²) in [4.78, 5) is 12.5. The topological polar surface area (TPSA) is 43.3 Å². The van der Waals surface area contributed by atoms with Gasteiger partial charge < -0.3 is 14.6 Å². The summed E-state index contributed by atoms with van der Waals surface area (Å²) in [7, 11) is 1.76. The fourth-order valence-corrected chi connectivity index (χ4v) is 2.81. The highest BCUT2D eigenvalue weighted by molar-refractivity contribution is 5.41. The number of nitrogens with one attached hydrogen (secondary N) is 1. The largest absolute Gasteiger partial charge is 0.381 e. The van der Waals surface area contributed by atoms with E-state index in [2.05, 4.69) is 5.32 Å². The van der Waals surface area contributed by atoms with Gasteiger partial charge in [0.2, 0.25) is 0 Å². The molecule has 2 atom stereocenters. The molecule has 1 N–H and O–H groups in total. The zero-order valence-corrected chi connectivity index (χ0v) is 12.1. The minimum absolute atomic E-state index is 0.0814. The van der Waals surface area contributed by atoms with Gasteiger partial charge in [0, 0.05) is 25.4 Å². The van der Waals surface area contributed by atoms with Crippen molar-refractivity contribution in [3.63, 3.8) is 0 Å². The average Bonchev–Trinajstić information content (AvgIpc) is 2.41. The van der Waals surface area contributed by atoms with Crippen LogP contribution < -0.4 is 10.9 Å². The van der Waals surface area contributed by atoms with E-state index in [4.69, 9.17) is 4.74 Å². The maximum absolute atomic E-state index is 12.5. The van der Waals surface area contributed by atoms with E-state index in [0.717, 1.165) is 25.7 Å². The van der Waals surface area contributed by atoms with Crippen LogP contribution in [0.5, 0.6) is 0 Å². The van der Waals surface area contributed by atoms with Gasteiger partial charge in [-0.15, -0.1) is 0 Å². The van der Waals surface area contributed by atoms with Crippen LogP contribution in [0.25, 0.3) is 0 Å². The maximum Gasteiger partial charge on any atom is 0.274 e. The molecule has 0 bridgehead atoms. The molecule has 1 aromatic heterocycles. The van der Waals surface area contributed by atoms with Crippen LogP contribution in [0, 0.1) is 0 Å². The Morgan fingerprint density at radius 2 is 2.21 bits per heavy atom. The van der Waals surface area contributed by atoms with Crippen molar-refractivity contribution in [3.05, 3.63) is 28.7 Å². The van der Waals surface area contributed by atoms with Gasteiger partial charge in [0.1, 0.15) is 5.69 Å². The third-order valence-corrected chi connectivity index (χ3v) is 3.74. The normalized spacial score (nSPS) is 23.6. The van der Waals surface area contributed by atoms with Gasteiger partial charge in [-0.2, -0.15) is 0 Å². The van der Waals surface area contributed by atoms with Crippen LogP contribution in [-0.4, -0.2) is 23.8 Å². The molecule has 0 aliphatic heterocycles. The number of hydrogen-bond acceptors (Lipinski definition) is 3. The molecule has 4 heteroatoms. The molecule has 106 valence electrons. The molecular formula is C15H24N2O2. The lowest BCUT2D eigenvalue weighted by atomic mass is 9.92. The zero-order chi connectivity index (χ0) is 13.8. The minimum Gasteiger partial charge on any atom is -0.381 e. The van der Waals surface area contributed by atoms with Crippen LogP contribution in [0.3, 0.4) is 0 Å². The van der Waals surface area contributed by atoms with Gasteiger partial charge in [-0.25, -0.2) is 0 Å². The van der Waals surface area contributed by atoms with Crippen molar-refractivity contribution in [3.8, 4) is 0 Å². The first-order chi connectivity index (χ1) is 9.11. The lowest BCUT2D eigenvalue weighted by Crippen LogP contribution is -2.32. The highest BCUT2D eigenvalue weighted by Gasteiger charge is 2.24. The van der Waals surface area contributed by atoms with Crippen molar-refractivity contribution in [2.75, 3.05) is 12.4 Å². The van der Waals surface area contributed by atoms with E-state index in [-0.39, 0.29) is 23.7 Å². The second-order valence-electron chi connectivity index (χ2n) is 5.61. The first kappa shape index (κ1) is 14.1. The third kappa shape index (κ3) is 3.38. The number of rotatable bonds is 4. The Kier molecular flexibility index (Phi) is 4.64. The van der Waals surface area contributed by atoms with E-state index in [1.165, 1.54) is 0 Å². The Morgan fingerprint density at radius 3 is 2.89 bits per heavy atom. The maximum atomic E-state index is 12.5. The Labute approximate surface area is 114 Å². The summed E-state index contributed by atoms with van der Waals surface area (Å²) < 4.78 is 7.32. The Bertz CT molecular complexity index is 467. The van der Waals surface area contributed by atoms with Crippen LogP contribution in [0.15, 0.2) is 23.1 Å². The quantitative estimate of drug-likeness (QED) is 0.909. The highest BCUT2D eigenvalue weighted by atomic mass is 16.5. The van der Waals surface area contributed by atoms with Gasteiger partial charge in [0.05, 0.1) is 6.10 Å². The Hall–Kier alpha value is -1.29. The smallest absolute Gasteiger partial charge is 0.274 e. The Morgan fingerprint density at radius 1 is 1.42 bits per heavy atom. The predicted molar refractivity (Wildman–Crippen MR) is 77.8 cm³/mol. The molecule has 1 fully saturated rings. The summed E-state index contributed by atoms with van der Waals surface area (Å²) in [5.41, 5.74) is 0.773. The van der Waals surface area contributed by atoms with Crippen molar-refractivity contribution in [2.24, 2.45) is 0 Å². The van der Waals surface area contributed by atoms with Gasteiger partial charge in [0.25, 0.3) is 5.56 Å². The summed E-state index contributed by atoms with van der Waals surface area (Å²) in [5.74, 6) is 0. The highest BCUT2D eigenvalue weighted by Crippen LogP contribution is 2.29. The van der Waals surface area contributed by atoms with Crippen LogP contribution in [0.1, 0.15) is 45.6 Å². The van der Waals surface area contributed by atoms with Gasteiger partial charge >= 0.3 is 0 Å². The molecule has 4 nitrogen and oxygen atoms in total. The van der Waals surface area contributed by atoms with Crippen molar-refractivity contribution >= 4 is 5.69 Å². The standard InChI is InChI=1S/C15H24N2O2/c1-11(2)16-14-8-5-9-17(15(14)18)12-6-4-7-13(10-12)19-3/h5,8-9,11-13,16H,4,6-7,10H2,1-3H3/t12-,13+/m1/s1. The first-order valence-electron chi connectivity index (χ1n) is 7.12. The number of aromatic nitrogens is 1. The number of anilines is 1. The number of pyridine rings is 1. The summed E-state index contributed by atoms with van der Waals surface area (Å²) >= 11 is 0. The SMILES string of the molecule is CO[C@H]1CCC[C@@H](n2cccc(NC(C)C)c2=O)C1. The average molecular weight is 264 g/mol. The number of ether oxygens (including phenoxy) is 1. The van der Waals surface area contributed by atoms with Gasteiger partial charge in [-0.05, 0) is 51.7 Å². The molecule has 0 unspecified atom stereocenters. The summed E-state index contributed by atoms with van der Waals surface area (Å²) in [6, 6.07) is 4.33. The molecule has 1 heterocycles. The van der Waals surface area contributed by atoms with Crippen LogP contribution in [0.4, 0.5) is 5.69 Å². The molecule has 1 aliphatic carbocycles. The van der Waals surface area contributed by atoms with Crippen molar-refractivity contribution in [2.45, 2.75) is 57.7 Å². The third-order valence-electron chi connectivity index (χ3n) is 3.74. The summed E-state index contributed by atoms with van der Waals surface area (Å²) in [5, 5.41) is 3.21. The van der Waals surface area contributed by atoms with Gasteiger partial charge in [-0.3, -0.25) is 4.79 Å². The molecule has 0 aromatic carbocycles. The molecule has 0 saturated heterocycles. The molecule has 2 rings (SSSR count). The lowest BCUT2D eigenvalue weighted by molar-refractivity contribution is 0.0525. The van der Waals surface area contributed by atoms with Crippen molar-refractivity contribution in [1.82, 2.24) is 4.57 Å². The van der Waals surface area contributed by atoms with E-state index in [0.29, 0.717) is 5.69 Å². The summed E-state index contributed by atoms with van der Waals surface area (Å²) in [6.07, 6.45) is 6.40. The predicted octanol–water partition coefficient (Wildman–Crippen LogP) is 2.80. The fraction of sp³-hybridized carbons (Fsp3) is 0.667. The van der Waals surface area contributed by atoms with E-state index in [1.807, 2.05) is 36.7 Å². The molecule has 1 saturated carbocycles. The second-order valence-corrected chi connectivity index (χ2v) is 5.61. The molecule has 1 aromatic rings. The molecule has 0 radical (unpaired) electrons. The van der Waals surface area contributed by atoms with Crippen LogP contribution in [0.2, 0.25) is 0 Å². The van der Waals surface area contributed by atoms with Gasteiger partial charge in [-0.1, -0.05) is 0 Å². The van der Waals surface area contributed by atoms with Crippen molar-refractivity contribution in [1.29, 1.82) is 0 Å². The van der Waals surface area contributed by atoms with Crippen molar-refractivity contribution < 1.29 is 4.74 Å². The van der Waals surface area contributed by atoms with E-state index in [9.17, 15) is 4.79 Å². The fourth-order valence-electron chi connectivity index (χ4n) is 2.81. The number of nitrogens with zero attached hydrogens (tertiary/aromatic N) is 1. The molecule has 0 amide bonds. The molecule has 0 spiro atoms. The number of hydrogen-bond donors (Lipinski definition) is 1. The van der Waals surface area contributed by atoms with E-state index < -0.39 is 0 Å². The second kappa shape index (κ2) is 6.24. The Balaban J connectivity index is 2.22. The van der Waals surface area contributed by atoms with Gasteiger partial charge in [0.15, 0.2) is 0 Å². The first-order valence-corrected chi connectivity index (χ1v) is 7.12. The van der Waals surface area contributed by atoms with E-state index in [1.54, 1.807) is 7.11 Å². The van der Waals surface area contributed by atoms with Crippen LogP contribution in [-0.2, 0) is 4.74 Å². The molecule has 19 heavy (non-hydrogen) atoms. The van der Waals surface area contributed by atoms with E-state index >= 15 is 0 Å². The van der Waals surface area contributed by atoms with Crippen LogP contribution >= 0.6 is 0 Å². The molecular weight excluding hydrogens is 240 g/mol. The monoisotopic (exact) mass is 264 g/mol. The minimum atomic E-state index is 0.0814. The lowest BCUT2D eigenvalue weighted by Gasteiger charge is -2.29.